The van der Waals surface area contributed by atoms with Gasteiger partial charge >= 0.3 is 6.18 Å². The van der Waals surface area contributed by atoms with Crippen molar-refractivity contribution in [3.63, 3.8) is 0 Å². The number of nitrogens with one attached hydrogen (secondary N) is 1. The molecule has 110 valence electrons. The van der Waals surface area contributed by atoms with Crippen molar-refractivity contribution in [1.29, 1.82) is 0 Å². The van der Waals surface area contributed by atoms with Crippen LogP contribution in [0.5, 0.6) is 0 Å². The van der Waals surface area contributed by atoms with Crippen molar-refractivity contribution in [2.75, 3.05) is 11.1 Å². The van der Waals surface area contributed by atoms with Crippen LogP contribution >= 0.6 is 15.9 Å². The van der Waals surface area contributed by atoms with Crippen LogP contribution in [0.3, 0.4) is 0 Å². The molecular formula is C13H9BrF3N3O. The lowest BCUT2D eigenvalue weighted by Gasteiger charge is -2.12. The van der Waals surface area contributed by atoms with Crippen molar-refractivity contribution in [1.82, 2.24) is 4.98 Å². The third-order valence-electron chi connectivity index (χ3n) is 2.58. The highest BCUT2D eigenvalue weighted by Gasteiger charge is 2.33. The second-order valence-electron chi connectivity index (χ2n) is 4.09. The predicted octanol–water partition coefficient (Wildman–Crippen LogP) is 3.70. The SMILES string of the molecule is Nc1cccnc1C(=O)Nc1ccc(Br)c(C(F)(F)F)c1. The summed E-state index contributed by atoms with van der Waals surface area (Å²) in [6.07, 6.45) is -3.16. The summed E-state index contributed by atoms with van der Waals surface area (Å²) in [7, 11) is 0. The number of aromatic nitrogens is 1. The van der Waals surface area contributed by atoms with E-state index in [4.69, 9.17) is 5.73 Å². The molecule has 0 saturated carbocycles. The van der Waals surface area contributed by atoms with Gasteiger partial charge in [-0.3, -0.25) is 4.79 Å². The van der Waals surface area contributed by atoms with E-state index >= 15 is 0 Å². The maximum Gasteiger partial charge on any atom is 0.417 e. The van der Waals surface area contributed by atoms with Crippen molar-refractivity contribution >= 4 is 33.2 Å². The van der Waals surface area contributed by atoms with Crippen LogP contribution in [0.25, 0.3) is 0 Å². The molecule has 0 atom stereocenters. The Kier molecular flexibility index (Phi) is 4.17. The van der Waals surface area contributed by atoms with E-state index in [9.17, 15) is 18.0 Å². The third kappa shape index (κ3) is 3.52. The Morgan fingerprint density at radius 3 is 2.62 bits per heavy atom. The number of anilines is 2. The zero-order valence-corrected chi connectivity index (χ0v) is 12.0. The Balaban J connectivity index is 2.29. The first-order chi connectivity index (χ1) is 9.79. The van der Waals surface area contributed by atoms with Crippen LogP contribution in [0.4, 0.5) is 24.5 Å². The first-order valence-electron chi connectivity index (χ1n) is 5.67. The Morgan fingerprint density at radius 1 is 1.29 bits per heavy atom. The van der Waals surface area contributed by atoms with E-state index in [2.05, 4.69) is 26.2 Å². The molecule has 0 bridgehead atoms. The Labute approximate surface area is 126 Å². The second-order valence-corrected chi connectivity index (χ2v) is 4.94. The van der Waals surface area contributed by atoms with Crippen molar-refractivity contribution in [3.8, 4) is 0 Å². The summed E-state index contributed by atoms with van der Waals surface area (Å²) < 4.78 is 38.2. The van der Waals surface area contributed by atoms with Gasteiger partial charge in [-0.25, -0.2) is 4.98 Å². The van der Waals surface area contributed by atoms with Crippen LogP contribution in [0.1, 0.15) is 16.1 Å². The Morgan fingerprint density at radius 2 is 2.00 bits per heavy atom. The molecule has 3 N–H and O–H groups in total. The van der Waals surface area contributed by atoms with Gasteiger partial charge in [0.1, 0.15) is 0 Å². The molecular weight excluding hydrogens is 351 g/mol. The van der Waals surface area contributed by atoms with Crippen LogP contribution in [-0.4, -0.2) is 10.9 Å². The summed E-state index contributed by atoms with van der Waals surface area (Å²) >= 11 is 2.82. The highest BCUT2D eigenvalue weighted by molar-refractivity contribution is 9.10. The number of halogens is 4. The average Bonchev–Trinajstić information content (AvgIpc) is 2.40. The minimum atomic E-state index is -4.52. The molecule has 1 heterocycles. The first kappa shape index (κ1) is 15.3. The molecule has 0 aliphatic carbocycles. The summed E-state index contributed by atoms with van der Waals surface area (Å²) in [5.74, 6) is -0.677. The number of nitrogens with two attached hydrogens (primary N) is 1. The fourth-order valence-corrected chi connectivity index (χ4v) is 2.09. The quantitative estimate of drug-likeness (QED) is 0.858. The number of carbonyl (C=O) groups excluding carboxylic acids is 1. The third-order valence-corrected chi connectivity index (χ3v) is 3.28. The lowest BCUT2D eigenvalue weighted by molar-refractivity contribution is -0.138. The van der Waals surface area contributed by atoms with Gasteiger partial charge in [-0.05, 0) is 30.3 Å². The van der Waals surface area contributed by atoms with Gasteiger partial charge in [0.05, 0.1) is 11.3 Å². The van der Waals surface area contributed by atoms with Gasteiger partial charge in [0.25, 0.3) is 5.91 Å². The lowest BCUT2D eigenvalue weighted by atomic mass is 10.2. The summed E-state index contributed by atoms with van der Waals surface area (Å²) in [5.41, 5.74) is 4.80. The smallest absolute Gasteiger partial charge is 0.397 e. The van der Waals surface area contributed by atoms with Crippen LogP contribution in [-0.2, 0) is 6.18 Å². The van der Waals surface area contributed by atoms with Crippen molar-refractivity contribution in [2.24, 2.45) is 0 Å². The molecule has 0 unspecified atom stereocenters. The summed E-state index contributed by atoms with van der Waals surface area (Å²) in [5, 5.41) is 2.34. The molecule has 0 aliphatic rings. The Bertz CT molecular complexity index is 689. The zero-order valence-electron chi connectivity index (χ0n) is 10.4. The number of amides is 1. The van der Waals surface area contributed by atoms with E-state index in [1.807, 2.05) is 0 Å². The van der Waals surface area contributed by atoms with Gasteiger partial charge in [-0.15, -0.1) is 0 Å². The Hall–Kier alpha value is -2.09. The molecule has 0 saturated heterocycles. The van der Waals surface area contributed by atoms with E-state index in [0.29, 0.717) is 0 Å². The molecule has 0 fully saturated rings. The number of alkyl halides is 3. The molecule has 0 radical (unpaired) electrons. The number of pyridine rings is 1. The molecule has 2 aromatic rings. The van der Waals surface area contributed by atoms with E-state index < -0.39 is 17.6 Å². The number of nitrogen functional groups attached to an aromatic ring is 1. The fraction of sp³-hybridized carbons (Fsp3) is 0.0769. The van der Waals surface area contributed by atoms with Gasteiger partial charge in [0.15, 0.2) is 5.69 Å². The van der Waals surface area contributed by atoms with Gasteiger partial charge in [0, 0.05) is 16.4 Å². The molecule has 1 aromatic heterocycles. The van der Waals surface area contributed by atoms with Crippen LogP contribution in [0.15, 0.2) is 41.0 Å². The summed E-state index contributed by atoms with van der Waals surface area (Å²) in [6, 6.07) is 6.41. The highest BCUT2D eigenvalue weighted by atomic mass is 79.9. The number of nitrogens with zero attached hydrogens (tertiary/aromatic N) is 1. The van der Waals surface area contributed by atoms with Crippen LogP contribution in [0, 0.1) is 0 Å². The van der Waals surface area contributed by atoms with Crippen molar-refractivity contribution < 1.29 is 18.0 Å². The molecule has 0 aliphatic heterocycles. The molecule has 8 heteroatoms. The number of hydrogen-bond donors (Lipinski definition) is 2. The van der Waals surface area contributed by atoms with E-state index in [0.717, 1.165) is 6.07 Å². The lowest BCUT2D eigenvalue weighted by Crippen LogP contribution is -2.16. The summed E-state index contributed by atoms with van der Waals surface area (Å²) in [6.45, 7) is 0. The van der Waals surface area contributed by atoms with Gasteiger partial charge in [0.2, 0.25) is 0 Å². The standard InChI is InChI=1S/C13H9BrF3N3O/c14-9-4-3-7(6-8(9)13(15,16)17)20-12(21)11-10(18)2-1-5-19-11/h1-6H,18H2,(H,20,21). The van der Waals surface area contributed by atoms with Crippen LogP contribution < -0.4 is 11.1 Å². The largest absolute Gasteiger partial charge is 0.417 e. The average molecular weight is 360 g/mol. The predicted molar refractivity (Wildman–Crippen MR) is 75.7 cm³/mol. The van der Waals surface area contributed by atoms with Crippen molar-refractivity contribution in [2.45, 2.75) is 6.18 Å². The molecule has 1 amide bonds. The topological polar surface area (TPSA) is 68.0 Å². The van der Waals surface area contributed by atoms with Crippen molar-refractivity contribution in [3.05, 3.63) is 52.3 Å². The number of rotatable bonds is 2. The minimum absolute atomic E-state index is 0.000535. The van der Waals surface area contributed by atoms with E-state index in [-0.39, 0.29) is 21.5 Å². The van der Waals surface area contributed by atoms with E-state index in [1.165, 1.54) is 24.4 Å². The van der Waals surface area contributed by atoms with Gasteiger partial charge in [-0.1, -0.05) is 15.9 Å². The van der Waals surface area contributed by atoms with Crippen LogP contribution in [0.2, 0.25) is 0 Å². The molecule has 2 rings (SSSR count). The maximum atomic E-state index is 12.8. The second kappa shape index (κ2) is 5.72. The number of carbonyl (C=O) groups is 1. The molecule has 21 heavy (non-hydrogen) atoms. The highest BCUT2D eigenvalue weighted by Crippen LogP contribution is 2.36. The van der Waals surface area contributed by atoms with E-state index in [1.54, 1.807) is 6.07 Å². The molecule has 4 nitrogen and oxygen atoms in total. The van der Waals surface area contributed by atoms with Gasteiger partial charge < -0.3 is 11.1 Å². The minimum Gasteiger partial charge on any atom is -0.397 e. The maximum absolute atomic E-state index is 12.8. The number of benzene rings is 1. The fourth-order valence-electron chi connectivity index (χ4n) is 1.62. The number of hydrogen-bond acceptors (Lipinski definition) is 3. The zero-order chi connectivity index (χ0) is 15.6. The monoisotopic (exact) mass is 359 g/mol. The first-order valence-corrected chi connectivity index (χ1v) is 6.47. The summed E-state index contributed by atoms with van der Waals surface area (Å²) in [4.78, 5) is 15.7. The molecule has 0 spiro atoms. The molecule has 1 aromatic carbocycles. The van der Waals surface area contributed by atoms with Gasteiger partial charge in [-0.2, -0.15) is 13.2 Å². The normalized spacial score (nSPS) is 11.2.